The van der Waals surface area contributed by atoms with Crippen LogP contribution in [0.2, 0.25) is 0 Å². The first-order valence-electron chi connectivity index (χ1n) is 11.1. The van der Waals surface area contributed by atoms with Crippen LogP contribution in [-0.2, 0) is 9.47 Å². The molecule has 2 saturated heterocycles. The summed E-state index contributed by atoms with van der Waals surface area (Å²) >= 11 is 0. The minimum Gasteiger partial charge on any atom is -0.490 e. The number of carbonyl (C=O) groups excluding carboxylic acids is 1. The van der Waals surface area contributed by atoms with E-state index < -0.39 is 5.60 Å². The molecule has 0 aromatic carbocycles. The topological polar surface area (TPSA) is 60.9 Å². The van der Waals surface area contributed by atoms with Crippen LogP contribution in [0.5, 0.6) is 5.75 Å². The van der Waals surface area contributed by atoms with Crippen LogP contribution < -0.4 is 4.74 Å². The van der Waals surface area contributed by atoms with Crippen LogP contribution >= 0.6 is 0 Å². The minimum absolute atomic E-state index is 0.155. The summed E-state index contributed by atoms with van der Waals surface area (Å²) in [5, 5.41) is 0. The monoisotopic (exact) mass is 402 g/mol. The predicted molar refractivity (Wildman–Crippen MR) is 110 cm³/mol. The van der Waals surface area contributed by atoms with Gasteiger partial charge in [-0.1, -0.05) is 0 Å². The molecule has 2 bridgehead atoms. The molecule has 0 radical (unpaired) electrons. The van der Waals surface area contributed by atoms with Gasteiger partial charge in [0.05, 0.1) is 18.3 Å². The van der Waals surface area contributed by atoms with E-state index in [2.05, 4.69) is 4.98 Å². The Hall–Kier alpha value is -1.82. The number of amides is 1. The van der Waals surface area contributed by atoms with Crippen LogP contribution in [0.1, 0.15) is 72.1 Å². The van der Waals surface area contributed by atoms with Crippen molar-refractivity contribution in [2.45, 2.75) is 108 Å². The van der Waals surface area contributed by atoms with E-state index in [0.29, 0.717) is 6.10 Å². The lowest BCUT2D eigenvalue weighted by Gasteiger charge is -2.41. The van der Waals surface area contributed by atoms with Crippen molar-refractivity contribution >= 4 is 6.09 Å². The lowest BCUT2D eigenvalue weighted by atomic mass is 9.93. The lowest BCUT2D eigenvalue weighted by Crippen LogP contribution is -2.50. The van der Waals surface area contributed by atoms with E-state index in [4.69, 9.17) is 14.2 Å². The van der Waals surface area contributed by atoms with Gasteiger partial charge < -0.3 is 19.1 Å². The van der Waals surface area contributed by atoms with E-state index >= 15 is 0 Å². The van der Waals surface area contributed by atoms with Crippen LogP contribution in [0.4, 0.5) is 4.79 Å². The molecule has 160 valence electrons. The summed E-state index contributed by atoms with van der Waals surface area (Å²) in [5.74, 6) is 0.899. The summed E-state index contributed by atoms with van der Waals surface area (Å²) in [6, 6.07) is 4.35. The Balaban J connectivity index is 1.24. The fraction of sp³-hybridized carbons (Fsp3) is 0.739. The average molecular weight is 403 g/mol. The number of hydrogen-bond acceptors (Lipinski definition) is 5. The normalized spacial score (nSPS) is 32.1. The second kappa shape index (κ2) is 8.50. The maximum atomic E-state index is 12.6. The third kappa shape index (κ3) is 5.21. The van der Waals surface area contributed by atoms with Crippen molar-refractivity contribution < 1.29 is 19.0 Å². The molecule has 4 rings (SSSR count). The maximum absolute atomic E-state index is 12.6. The van der Waals surface area contributed by atoms with E-state index in [9.17, 15) is 4.79 Å². The smallest absolute Gasteiger partial charge is 0.410 e. The van der Waals surface area contributed by atoms with E-state index in [1.165, 1.54) is 0 Å². The van der Waals surface area contributed by atoms with Gasteiger partial charge in [0.2, 0.25) is 0 Å². The lowest BCUT2D eigenvalue weighted by molar-refractivity contribution is -0.0812. The molecule has 1 saturated carbocycles. The largest absolute Gasteiger partial charge is 0.490 e. The molecule has 6 nitrogen and oxygen atoms in total. The van der Waals surface area contributed by atoms with Crippen molar-refractivity contribution in [3.8, 4) is 5.75 Å². The summed E-state index contributed by atoms with van der Waals surface area (Å²) in [6.07, 6.45) is 12.3. The standard InChI is InChI=1S/C23H34N2O4/c1-23(2,3)29-22(26)25-16-4-5-17(25)15-21(14-16)28-19-8-6-18(7-9-19)27-20-10-12-24-13-11-20/h10-13,16-19,21H,4-9,14-15H2,1-3H3/t16-,17+,18?,19?,21?. The number of hydrogen-bond donors (Lipinski definition) is 0. The van der Waals surface area contributed by atoms with Crippen molar-refractivity contribution in [3.63, 3.8) is 0 Å². The van der Waals surface area contributed by atoms with Crippen LogP contribution in [0.15, 0.2) is 24.5 Å². The van der Waals surface area contributed by atoms with Gasteiger partial charge >= 0.3 is 6.09 Å². The second-order valence-electron chi connectivity index (χ2n) is 9.70. The van der Waals surface area contributed by atoms with Crippen molar-refractivity contribution in [2.24, 2.45) is 0 Å². The Morgan fingerprint density at radius 2 is 1.52 bits per heavy atom. The van der Waals surface area contributed by atoms with Crippen molar-refractivity contribution in [1.82, 2.24) is 9.88 Å². The number of aromatic nitrogens is 1. The molecule has 3 atom stereocenters. The fourth-order valence-electron chi connectivity index (χ4n) is 5.02. The molecular formula is C23H34N2O4. The molecule has 1 amide bonds. The van der Waals surface area contributed by atoms with Crippen LogP contribution in [0, 0.1) is 0 Å². The molecule has 1 unspecified atom stereocenters. The third-order valence-electron chi connectivity index (χ3n) is 6.25. The molecule has 0 N–H and O–H groups in total. The number of rotatable bonds is 4. The highest BCUT2D eigenvalue weighted by Crippen LogP contribution is 2.39. The Morgan fingerprint density at radius 3 is 2.10 bits per heavy atom. The van der Waals surface area contributed by atoms with Crippen molar-refractivity contribution in [2.75, 3.05) is 0 Å². The van der Waals surface area contributed by atoms with Crippen molar-refractivity contribution in [1.29, 1.82) is 0 Å². The van der Waals surface area contributed by atoms with Crippen LogP contribution in [-0.4, -0.2) is 52.0 Å². The maximum Gasteiger partial charge on any atom is 0.410 e. The zero-order valence-electron chi connectivity index (χ0n) is 17.9. The molecule has 2 aliphatic heterocycles. The molecule has 29 heavy (non-hydrogen) atoms. The van der Waals surface area contributed by atoms with Gasteiger partial charge in [-0.2, -0.15) is 0 Å². The molecule has 1 aromatic rings. The van der Waals surface area contributed by atoms with E-state index in [1.807, 2.05) is 37.8 Å². The van der Waals surface area contributed by atoms with Gasteiger partial charge in [-0.15, -0.1) is 0 Å². The summed E-state index contributed by atoms with van der Waals surface area (Å²) in [5.41, 5.74) is -0.444. The summed E-state index contributed by atoms with van der Waals surface area (Å²) in [6.45, 7) is 5.78. The van der Waals surface area contributed by atoms with E-state index in [1.54, 1.807) is 12.4 Å². The second-order valence-corrected chi connectivity index (χ2v) is 9.70. The molecule has 1 aromatic heterocycles. The van der Waals surface area contributed by atoms with Gasteiger partial charge in [0, 0.05) is 24.5 Å². The summed E-state index contributed by atoms with van der Waals surface area (Å²) in [4.78, 5) is 18.6. The van der Waals surface area contributed by atoms with E-state index in [-0.39, 0.29) is 30.4 Å². The first kappa shape index (κ1) is 20.5. The Morgan fingerprint density at radius 1 is 0.931 bits per heavy atom. The van der Waals surface area contributed by atoms with Crippen LogP contribution in [0.25, 0.3) is 0 Å². The number of ether oxygens (including phenoxy) is 3. The summed E-state index contributed by atoms with van der Waals surface area (Å²) in [7, 11) is 0. The number of piperidine rings is 1. The minimum atomic E-state index is -0.444. The van der Waals surface area contributed by atoms with Gasteiger partial charge in [-0.05, 0) is 84.3 Å². The van der Waals surface area contributed by atoms with Crippen molar-refractivity contribution in [3.05, 3.63) is 24.5 Å². The fourth-order valence-corrected chi connectivity index (χ4v) is 5.02. The zero-order valence-corrected chi connectivity index (χ0v) is 17.9. The Bertz CT molecular complexity index is 668. The SMILES string of the molecule is CC(C)(C)OC(=O)N1[C@@H]2CC[C@H]1CC(OC1CCC(Oc3ccncc3)CC1)C2. The highest BCUT2D eigenvalue weighted by atomic mass is 16.6. The number of fused-ring (bicyclic) bond motifs is 2. The number of carbonyl (C=O) groups is 1. The third-order valence-corrected chi connectivity index (χ3v) is 6.25. The highest BCUT2D eigenvalue weighted by Gasteiger charge is 2.45. The van der Waals surface area contributed by atoms with Gasteiger partial charge in [0.15, 0.2) is 0 Å². The molecular weight excluding hydrogens is 368 g/mol. The van der Waals surface area contributed by atoms with Gasteiger partial charge in [-0.3, -0.25) is 4.98 Å². The molecule has 1 aliphatic carbocycles. The number of pyridine rings is 1. The molecule has 3 aliphatic rings. The molecule has 0 spiro atoms. The van der Waals surface area contributed by atoms with Gasteiger partial charge in [-0.25, -0.2) is 4.79 Å². The summed E-state index contributed by atoms with van der Waals surface area (Å²) < 4.78 is 18.2. The number of nitrogens with zero attached hydrogens (tertiary/aromatic N) is 2. The molecule has 6 heteroatoms. The first-order chi connectivity index (χ1) is 13.9. The Kier molecular flexibility index (Phi) is 6.00. The van der Waals surface area contributed by atoms with Gasteiger partial charge in [0.1, 0.15) is 11.4 Å². The average Bonchev–Trinajstić information content (AvgIpc) is 2.94. The first-order valence-corrected chi connectivity index (χ1v) is 11.1. The predicted octanol–water partition coefficient (Wildman–Crippen LogP) is 4.72. The van der Waals surface area contributed by atoms with Crippen LogP contribution in [0.3, 0.4) is 0 Å². The highest BCUT2D eigenvalue weighted by molar-refractivity contribution is 5.69. The zero-order chi connectivity index (χ0) is 20.4. The molecule has 3 heterocycles. The molecule has 3 fully saturated rings. The van der Waals surface area contributed by atoms with E-state index in [0.717, 1.165) is 57.1 Å². The quantitative estimate of drug-likeness (QED) is 0.729. The Labute approximate surface area is 173 Å². The van der Waals surface area contributed by atoms with Gasteiger partial charge in [0.25, 0.3) is 0 Å².